The summed E-state index contributed by atoms with van der Waals surface area (Å²) >= 11 is 17.6. The van der Waals surface area contributed by atoms with Crippen LogP contribution in [0.1, 0.15) is 361 Å². The lowest BCUT2D eigenvalue weighted by Crippen LogP contribution is -2.42. The molecule has 536 valence electrons. The number of thiol groups is 3. The van der Waals surface area contributed by atoms with Crippen LogP contribution in [-0.4, -0.2) is 0 Å². The van der Waals surface area contributed by atoms with Crippen molar-refractivity contribution in [3.8, 4) is 0 Å². The molecular weight excluding hydrogens is 1260 g/mol. The first-order valence-electron chi connectivity index (χ1n) is 37.7. The lowest BCUT2D eigenvalue weighted by Gasteiger charge is -2.49. The van der Waals surface area contributed by atoms with Gasteiger partial charge < -0.3 is 0 Å². The van der Waals surface area contributed by atoms with Crippen LogP contribution in [0, 0.1) is 41.5 Å². The minimum Gasteiger partial charge on any atom is -0.296 e. The number of rotatable bonds is 30. The molecule has 3 unspecified atom stereocenters. The first-order valence-corrected chi connectivity index (χ1v) is 40.1. The maximum atomic E-state index is 9.33. The van der Waals surface area contributed by atoms with Gasteiger partial charge in [0.25, 0.3) is 0 Å². The summed E-state index contributed by atoms with van der Waals surface area (Å²) in [6, 6.07) is 35.9. The molecule has 0 spiro atoms. The molecule has 3 nitrogen and oxygen atoms in total. The van der Waals surface area contributed by atoms with Crippen LogP contribution in [-0.2, 0) is 62.9 Å². The molecule has 3 atom stereocenters. The summed E-state index contributed by atoms with van der Waals surface area (Å²) in [5, 5.41) is 0. The van der Waals surface area contributed by atoms with Gasteiger partial charge in [-0.1, -0.05) is 312 Å². The third kappa shape index (κ3) is 20.1. The highest BCUT2D eigenvalue weighted by Crippen LogP contribution is 2.67. The van der Waals surface area contributed by atoms with Crippen molar-refractivity contribution in [3.05, 3.63) is 191 Å². The fraction of sp³-hybridized carbons (Fsp3) is 0.600. The van der Waals surface area contributed by atoms with E-state index >= 15 is 0 Å². The van der Waals surface area contributed by atoms with E-state index in [-0.39, 0.29) is 32.5 Å². The zero-order chi connectivity index (χ0) is 72.7. The molecule has 6 aromatic carbocycles. The van der Waals surface area contributed by atoms with E-state index < -0.39 is 25.4 Å². The number of hydrogen-bond acceptors (Lipinski definition) is 6. The van der Waals surface area contributed by atoms with Gasteiger partial charge >= 0.3 is 8.60 Å². The first-order chi connectivity index (χ1) is 44.9. The second-order valence-corrected chi connectivity index (χ2v) is 38.2. The normalized spacial score (nSPS) is 15.2. The number of benzene rings is 6. The molecule has 0 fully saturated rings. The predicted octanol–water partition coefficient (Wildman–Crippen LogP) is 28.7. The molecule has 0 aliphatic heterocycles. The Balaban J connectivity index is 2.11. The Labute approximate surface area is 613 Å². The van der Waals surface area contributed by atoms with Gasteiger partial charge in [0.15, 0.2) is 0 Å². The molecule has 0 aliphatic carbocycles. The largest absolute Gasteiger partial charge is 0.336 e. The second kappa shape index (κ2) is 33.4. The van der Waals surface area contributed by atoms with Crippen LogP contribution in [0.5, 0.6) is 0 Å². The first kappa shape index (κ1) is 82.6. The maximum Gasteiger partial charge on any atom is 0.336 e. The van der Waals surface area contributed by atoms with E-state index in [1.54, 1.807) is 0 Å². The van der Waals surface area contributed by atoms with E-state index in [0.29, 0.717) is 19.3 Å². The van der Waals surface area contributed by atoms with Crippen molar-refractivity contribution < 1.29 is 13.6 Å². The Morgan fingerprint density at radius 3 is 0.670 bits per heavy atom. The fourth-order valence-corrected chi connectivity index (χ4v) is 18.4. The van der Waals surface area contributed by atoms with E-state index in [0.717, 1.165) is 125 Å². The number of unbranched alkanes of at least 4 members (excludes halogenated alkanes) is 12. The minimum atomic E-state index is -2.62. The SMILES string of the molecule is CCCCCCCC(OP(OC(CCCCCCC)(c1ccc(C)cc1C(C)(C)C)c1c(S)cc(C)cc1C(C)(C)C)OC(CCCCCCC)(c1ccc(C)cc1C(C)(C)C)c1c(S)cc(C)cc1C(C)(C)C)(c1ccc(C)cc1C(C)(C)C)c1c(S)cc(C)cc1C(C)(C)C. The molecule has 0 saturated carbocycles. The van der Waals surface area contributed by atoms with Crippen molar-refractivity contribution in [2.24, 2.45) is 0 Å². The predicted molar refractivity (Wildman–Crippen MR) is 434 cm³/mol. The second-order valence-electron chi connectivity index (χ2n) is 35.7. The summed E-state index contributed by atoms with van der Waals surface area (Å²) in [5.41, 5.74) is 15.6. The molecule has 0 radical (unpaired) electrons. The quantitative estimate of drug-likeness (QED) is 0.0238. The van der Waals surface area contributed by atoms with Crippen LogP contribution in [0.4, 0.5) is 0 Å². The van der Waals surface area contributed by atoms with Gasteiger partial charge in [-0.25, -0.2) is 0 Å². The van der Waals surface area contributed by atoms with Crippen LogP contribution in [0.25, 0.3) is 0 Å². The zero-order valence-corrected chi connectivity index (χ0v) is 70.0. The molecule has 0 amide bonds. The molecule has 0 heterocycles. The minimum absolute atomic E-state index is 0.321. The van der Waals surface area contributed by atoms with Crippen molar-refractivity contribution in [1.82, 2.24) is 0 Å². The van der Waals surface area contributed by atoms with E-state index in [1.807, 2.05) is 0 Å². The number of hydrogen-bond donors (Lipinski definition) is 3. The monoisotopic (exact) mass is 1390 g/mol. The Hall–Kier alpha value is -3.32. The van der Waals surface area contributed by atoms with E-state index in [2.05, 4.69) is 278 Å². The highest BCUT2D eigenvalue weighted by molar-refractivity contribution is 7.80. The van der Waals surface area contributed by atoms with Gasteiger partial charge in [-0.05, 0) is 198 Å². The molecule has 0 saturated heterocycles. The van der Waals surface area contributed by atoms with Gasteiger partial charge in [-0.15, -0.1) is 37.9 Å². The van der Waals surface area contributed by atoms with Crippen molar-refractivity contribution in [1.29, 1.82) is 0 Å². The Bertz CT molecular complexity index is 3210. The Morgan fingerprint density at radius 2 is 0.464 bits per heavy atom. The summed E-state index contributed by atoms with van der Waals surface area (Å²) < 4.78 is 28.0. The number of aryl methyl sites for hydroxylation is 6. The van der Waals surface area contributed by atoms with E-state index in [4.69, 9.17) is 37.9 Å². The van der Waals surface area contributed by atoms with Crippen LogP contribution in [0.15, 0.2) is 106 Å². The Kier molecular flexibility index (Phi) is 28.5. The average molecular weight is 1390 g/mol. The lowest BCUT2D eigenvalue weighted by atomic mass is 9.69. The molecule has 6 rings (SSSR count). The standard InChI is InChI=1S/C90H135O3PS3/c1-28-31-34-37-40-49-88(67-46-43-61(4)52-70(67)82(10,11)12,79-73(85(19,20)21)55-64(7)58-76(79)95)91-94(92-89(50-41-38-35-32-29-2,68-47-44-62(5)53-71(68)83(13,14)15)80-74(86(22,23)24)56-65(8)59-77(80)96)93-90(51-42-39-36-33-30-3,69-48-45-63(6)54-72(69)84(16,17)18)81-75(87(25,26)27)57-66(9)60-78(81)97/h43-48,52-60,95-97H,28-42,49-51H2,1-27H3. The van der Waals surface area contributed by atoms with E-state index in [9.17, 15) is 13.6 Å². The molecule has 0 aromatic heterocycles. The van der Waals surface area contributed by atoms with Crippen molar-refractivity contribution >= 4 is 46.5 Å². The van der Waals surface area contributed by atoms with Gasteiger partial charge in [0, 0.05) is 31.4 Å². The molecule has 6 aromatic rings. The third-order valence-corrected chi connectivity index (χ3v) is 22.7. The molecule has 97 heavy (non-hydrogen) atoms. The fourth-order valence-electron chi connectivity index (χ4n) is 15.2. The summed E-state index contributed by atoms with van der Waals surface area (Å²) in [5.74, 6) is 0. The highest BCUT2D eigenvalue weighted by Gasteiger charge is 2.55. The van der Waals surface area contributed by atoms with Gasteiger partial charge in [0.05, 0.1) is 0 Å². The van der Waals surface area contributed by atoms with Gasteiger partial charge in [-0.2, -0.15) is 0 Å². The van der Waals surface area contributed by atoms with Crippen LogP contribution in [0.2, 0.25) is 0 Å². The summed E-state index contributed by atoms with van der Waals surface area (Å²) in [6.07, 6.45) is 18.1. The van der Waals surface area contributed by atoms with Crippen LogP contribution >= 0.6 is 46.5 Å². The molecular formula is C90H135O3PS3. The van der Waals surface area contributed by atoms with Gasteiger partial charge in [0.1, 0.15) is 16.8 Å². The summed E-state index contributed by atoms with van der Waals surface area (Å²) in [7, 11) is -2.62. The van der Waals surface area contributed by atoms with E-state index in [1.165, 1.54) is 86.0 Å². The highest BCUT2D eigenvalue weighted by atomic mass is 32.1. The Morgan fingerprint density at radius 1 is 0.258 bits per heavy atom. The van der Waals surface area contributed by atoms with Crippen molar-refractivity contribution in [2.45, 2.75) is 366 Å². The molecule has 7 heteroatoms. The molecule has 0 N–H and O–H groups in total. The molecule has 0 aliphatic rings. The topological polar surface area (TPSA) is 27.7 Å². The summed E-state index contributed by atoms with van der Waals surface area (Å²) in [6.45, 7) is 63.3. The lowest BCUT2D eigenvalue weighted by molar-refractivity contribution is -0.0298. The molecule has 0 bridgehead atoms. The average Bonchev–Trinajstić information content (AvgIpc) is 0.725. The van der Waals surface area contributed by atoms with Crippen molar-refractivity contribution in [2.75, 3.05) is 0 Å². The maximum absolute atomic E-state index is 9.33. The van der Waals surface area contributed by atoms with Crippen molar-refractivity contribution in [3.63, 3.8) is 0 Å². The zero-order valence-electron chi connectivity index (χ0n) is 66.4. The summed E-state index contributed by atoms with van der Waals surface area (Å²) in [4.78, 5) is 2.74. The van der Waals surface area contributed by atoms with Crippen LogP contribution < -0.4 is 0 Å². The smallest absolute Gasteiger partial charge is 0.296 e. The van der Waals surface area contributed by atoms with Gasteiger partial charge in [-0.3, -0.25) is 13.6 Å². The van der Waals surface area contributed by atoms with Gasteiger partial charge in [0.2, 0.25) is 0 Å². The third-order valence-electron chi connectivity index (χ3n) is 20.3. The van der Waals surface area contributed by atoms with Crippen LogP contribution in [0.3, 0.4) is 0 Å².